The maximum Gasteiger partial charge on any atom is 0.258 e. The van der Waals surface area contributed by atoms with E-state index in [1.165, 1.54) is 0 Å². The lowest BCUT2D eigenvalue weighted by molar-refractivity contribution is -0.238. The second-order valence-electron chi connectivity index (χ2n) is 3.08. The van der Waals surface area contributed by atoms with Crippen molar-refractivity contribution in [2.45, 2.75) is 10.6 Å². The van der Waals surface area contributed by atoms with Crippen LogP contribution in [0.3, 0.4) is 0 Å². The zero-order valence-electron chi connectivity index (χ0n) is 6.83. The number of halogens is 2. The number of hydrogen-bond acceptors (Lipinski definition) is 3. The Morgan fingerprint density at radius 1 is 1.46 bits per heavy atom. The van der Waals surface area contributed by atoms with Gasteiger partial charge in [0.25, 0.3) is 5.91 Å². The molecule has 6 heteroatoms. The standard InChI is InChI=1S/C7H9Cl2NO3/c8-5(9)6(11)10-1-2-13-7(10)3-12-4-7/h5H,1-4H2. The van der Waals surface area contributed by atoms with Crippen LogP contribution in [0.4, 0.5) is 0 Å². The van der Waals surface area contributed by atoms with Crippen LogP contribution in [0.25, 0.3) is 0 Å². The van der Waals surface area contributed by atoms with Crippen molar-refractivity contribution >= 4 is 29.1 Å². The van der Waals surface area contributed by atoms with Crippen LogP contribution in [0.2, 0.25) is 0 Å². The molecule has 0 atom stereocenters. The Balaban J connectivity index is 2.09. The molecule has 0 saturated carbocycles. The van der Waals surface area contributed by atoms with Gasteiger partial charge >= 0.3 is 0 Å². The van der Waals surface area contributed by atoms with Crippen molar-refractivity contribution in [1.29, 1.82) is 0 Å². The van der Waals surface area contributed by atoms with Gasteiger partial charge < -0.3 is 14.4 Å². The quantitative estimate of drug-likeness (QED) is 0.606. The first-order valence-corrected chi connectivity index (χ1v) is 4.84. The van der Waals surface area contributed by atoms with Crippen molar-refractivity contribution in [3.63, 3.8) is 0 Å². The third kappa shape index (κ3) is 1.42. The molecule has 1 spiro atoms. The summed E-state index contributed by atoms with van der Waals surface area (Å²) in [5.41, 5.74) is -0.570. The van der Waals surface area contributed by atoms with Crippen LogP contribution >= 0.6 is 23.2 Å². The van der Waals surface area contributed by atoms with Crippen molar-refractivity contribution in [3.05, 3.63) is 0 Å². The third-order valence-electron chi connectivity index (χ3n) is 2.29. The molecule has 2 rings (SSSR count). The maximum atomic E-state index is 11.5. The minimum Gasteiger partial charge on any atom is -0.371 e. The average Bonchev–Trinajstić information content (AvgIpc) is 2.44. The van der Waals surface area contributed by atoms with Crippen LogP contribution in [-0.4, -0.2) is 47.7 Å². The van der Waals surface area contributed by atoms with Gasteiger partial charge in [0, 0.05) is 6.54 Å². The monoisotopic (exact) mass is 225 g/mol. The molecular formula is C7H9Cl2NO3. The molecule has 0 bridgehead atoms. The van der Waals surface area contributed by atoms with Crippen LogP contribution in [0, 0.1) is 0 Å². The Morgan fingerprint density at radius 2 is 2.15 bits per heavy atom. The molecule has 0 aliphatic carbocycles. The van der Waals surface area contributed by atoms with E-state index < -0.39 is 10.6 Å². The fourth-order valence-electron chi connectivity index (χ4n) is 1.55. The molecule has 0 aromatic rings. The lowest BCUT2D eigenvalue weighted by atomic mass is 10.1. The van der Waals surface area contributed by atoms with E-state index >= 15 is 0 Å². The van der Waals surface area contributed by atoms with Crippen molar-refractivity contribution < 1.29 is 14.3 Å². The topological polar surface area (TPSA) is 38.8 Å². The first kappa shape index (κ1) is 9.52. The van der Waals surface area contributed by atoms with Gasteiger partial charge in [0.05, 0.1) is 19.8 Å². The van der Waals surface area contributed by atoms with Crippen LogP contribution < -0.4 is 0 Å². The fourth-order valence-corrected chi connectivity index (χ4v) is 1.79. The predicted octanol–water partition coefficient (Wildman–Crippen LogP) is 0.375. The molecule has 2 fully saturated rings. The Kier molecular flexibility index (Phi) is 2.40. The highest BCUT2D eigenvalue weighted by Crippen LogP contribution is 2.32. The van der Waals surface area contributed by atoms with Crippen molar-refractivity contribution in [2.24, 2.45) is 0 Å². The summed E-state index contributed by atoms with van der Waals surface area (Å²) in [5.74, 6) is -0.302. The molecule has 0 unspecified atom stereocenters. The van der Waals surface area contributed by atoms with Crippen LogP contribution in [0.1, 0.15) is 0 Å². The fraction of sp³-hybridized carbons (Fsp3) is 0.857. The number of hydrogen-bond donors (Lipinski definition) is 0. The molecule has 0 aromatic heterocycles. The summed E-state index contributed by atoms with van der Waals surface area (Å²) < 4.78 is 10.4. The number of carbonyl (C=O) groups is 1. The number of ether oxygens (including phenoxy) is 2. The lowest BCUT2D eigenvalue weighted by Crippen LogP contribution is -2.62. The summed E-state index contributed by atoms with van der Waals surface area (Å²) in [7, 11) is 0. The van der Waals surface area contributed by atoms with E-state index in [4.69, 9.17) is 32.7 Å². The SMILES string of the molecule is O=C(C(Cl)Cl)N1CCOC12COC2. The summed E-state index contributed by atoms with van der Waals surface area (Å²) in [6.07, 6.45) is 0. The van der Waals surface area contributed by atoms with Gasteiger partial charge in [-0.15, -0.1) is 0 Å². The van der Waals surface area contributed by atoms with Gasteiger partial charge in [-0.25, -0.2) is 0 Å². The summed E-state index contributed by atoms with van der Waals surface area (Å²) in [4.78, 5) is 12.0. The van der Waals surface area contributed by atoms with E-state index in [9.17, 15) is 4.79 Å². The summed E-state index contributed by atoms with van der Waals surface area (Å²) >= 11 is 11.0. The zero-order chi connectivity index (χ0) is 9.47. The molecule has 13 heavy (non-hydrogen) atoms. The molecule has 2 aliphatic rings. The third-order valence-corrected chi connectivity index (χ3v) is 2.66. The van der Waals surface area contributed by atoms with Gasteiger partial charge in [-0.05, 0) is 0 Å². The smallest absolute Gasteiger partial charge is 0.258 e. The van der Waals surface area contributed by atoms with E-state index in [2.05, 4.69) is 0 Å². The van der Waals surface area contributed by atoms with Crippen molar-refractivity contribution in [2.75, 3.05) is 26.4 Å². The van der Waals surface area contributed by atoms with Crippen molar-refractivity contribution in [3.8, 4) is 0 Å². The summed E-state index contributed by atoms with van der Waals surface area (Å²) in [5, 5.41) is 0. The number of alkyl halides is 2. The maximum absolute atomic E-state index is 11.5. The molecule has 2 aliphatic heterocycles. The Labute approximate surface area is 85.7 Å². The first-order valence-electron chi connectivity index (χ1n) is 3.97. The molecule has 2 saturated heterocycles. The van der Waals surface area contributed by atoms with Gasteiger partial charge in [-0.2, -0.15) is 0 Å². The Hall–Kier alpha value is -0.0300. The summed E-state index contributed by atoms with van der Waals surface area (Å²) in [6, 6.07) is 0. The second-order valence-corrected chi connectivity index (χ2v) is 4.17. The normalized spacial score (nSPS) is 25.3. The number of amides is 1. The largest absolute Gasteiger partial charge is 0.371 e. The van der Waals surface area contributed by atoms with Crippen LogP contribution in [0.5, 0.6) is 0 Å². The Morgan fingerprint density at radius 3 is 2.62 bits per heavy atom. The zero-order valence-corrected chi connectivity index (χ0v) is 8.35. The molecule has 4 nitrogen and oxygen atoms in total. The van der Waals surface area contributed by atoms with Gasteiger partial charge in [0.15, 0.2) is 10.6 Å². The number of carbonyl (C=O) groups excluding carboxylic acids is 1. The highest BCUT2D eigenvalue weighted by molar-refractivity contribution is 6.53. The molecular weight excluding hydrogens is 217 g/mol. The van der Waals surface area contributed by atoms with E-state index in [-0.39, 0.29) is 5.91 Å². The molecule has 0 aromatic carbocycles. The average molecular weight is 226 g/mol. The minimum absolute atomic E-state index is 0.302. The van der Waals surface area contributed by atoms with Gasteiger partial charge in [-0.3, -0.25) is 4.79 Å². The summed E-state index contributed by atoms with van der Waals surface area (Å²) in [6.45, 7) is 1.90. The predicted molar refractivity (Wildman–Crippen MR) is 46.7 cm³/mol. The van der Waals surface area contributed by atoms with Crippen molar-refractivity contribution in [1.82, 2.24) is 4.90 Å². The van der Waals surface area contributed by atoms with Crippen LogP contribution in [0.15, 0.2) is 0 Å². The highest BCUT2D eigenvalue weighted by atomic mass is 35.5. The van der Waals surface area contributed by atoms with Gasteiger partial charge in [-0.1, -0.05) is 23.2 Å². The molecule has 74 valence electrons. The van der Waals surface area contributed by atoms with E-state index in [0.29, 0.717) is 26.4 Å². The highest BCUT2D eigenvalue weighted by Gasteiger charge is 2.51. The molecule has 0 radical (unpaired) electrons. The first-order chi connectivity index (χ1) is 6.16. The second kappa shape index (κ2) is 3.28. The van der Waals surface area contributed by atoms with E-state index in [0.717, 1.165) is 0 Å². The van der Waals surface area contributed by atoms with E-state index in [1.54, 1.807) is 4.90 Å². The van der Waals surface area contributed by atoms with Gasteiger partial charge in [0.1, 0.15) is 0 Å². The molecule has 2 heterocycles. The lowest BCUT2D eigenvalue weighted by Gasteiger charge is -2.43. The number of nitrogens with zero attached hydrogens (tertiary/aromatic N) is 1. The number of rotatable bonds is 1. The van der Waals surface area contributed by atoms with Crippen LogP contribution in [-0.2, 0) is 14.3 Å². The minimum atomic E-state index is -1.01. The van der Waals surface area contributed by atoms with E-state index in [1.807, 2.05) is 0 Å². The van der Waals surface area contributed by atoms with Gasteiger partial charge in [0.2, 0.25) is 0 Å². The molecule has 1 amide bonds. The Bertz CT molecular complexity index is 230. The molecule has 0 N–H and O–H groups in total.